The molecule has 2 aromatic carbocycles. The highest BCUT2D eigenvalue weighted by atomic mass is 35.5. The maximum absolute atomic E-state index is 12.6. The van der Waals surface area contributed by atoms with Gasteiger partial charge in [-0.25, -0.2) is 0 Å². The average molecular weight is 386 g/mol. The molecule has 1 N–H and O–H groups in total. The molecule has 1 aromatic heterocycles. The average Bonchev–Trinajstić information content (AvgIpc) is 2.69. The summed E-state index contributed by atoms with van der Waals surface area (Å²) < 4.78 is 15.9. The molecule has 8 heteroatoms. The minimum absolute atomic E-state index is 0.00190. The smallest absolute Gasteiger partial charge is 0.328 e. The SMILES string of the molecule is COc1cc(OC)nc(Oc2ccccc2C(=O)Nc2ccc(Cl)cc2)n1. The van der Waals surface area contributed by atoms with Gasteiger partial charge in [-0.05, 0) is 36.4 Å². The van der Waals surface area contributed by atoms with Crippen LogP contribution in [0.2, 0.25) is 5.02 Å². The minimum Gasteiger partial charge on any atom is -0.481 e. The van der Waals surface area contributed by atoms with E-state index >= 15 is 0 Å². The maximum atomic E-state index is 12.6. The number of halogens is 1. The zero-order valence-corrected chi connectivity index (χ0v) is 15.4. The van der Waals surface area contributed by atoms with Crippen LogP contribution in [0.15, 0.2) is 54.6 Å². The van der Waals surface area contributed by atoms with Gasteiger partial charge in [0.05, 0.1) is 25.8 Å². The molecule has 27 heavy (non-hydrogen) atoms. The second-order valence-electron chi connectivity index (χ2n) is 5.29. The predicted octanol–water partition coefficient (Wildman–Crippen LogP) is 4.19. The van der Waals surface area contributed by atoms with Crippen molar-refractivity contribution < 1.29 is 19.0 Å². The Kier molecular flexibility index (Phi) is 5.73. The number of para-hydroxylation sites is 1. The third kappa shape index (κ3) is 4.65. The molecule has 1 amide bonds. The molecule has 0 unspecified atom stereocenters. The van der Waals surface area contributed by atoms with Gasteiger partial charge in [0.2, 0.25) is 11.8 Å². The second kappa shape index (κ2) is 8.37. The van der Waals surface area contributed by atoms with E-state index in [4.69, 9.17) is 25.8 Å². The first-order chi connectivity index (χ1) is 13.1. The molecular formula is C19H16ClN3O4. The van der Waals surface area contributed by atoms with E-state index in [0.29, 0.717) is 22.0 Å². The summed E-state index contributed by atoms with van der Waals surface area (Å²) in [7, 11) is 2.94. The van der Waals surface area contributed by atoms with E-state index in [1.165, 1.54) is 20.3 Å². The van der Waals surface area contributed by atoms with Gasteiger partial charge < -0.3 is 19.5 Å². The first-order valence-corrected chi connectivity index (χ1v) is 8.27. The standard InChI is InChI=1S/C19H16ClN3O4/c1-25-16-11-17(26-2)23-19(22-16)27-15-6-4-3-5-14(15)18(24)21-13-9-7-12(20)8-10-13/h3-11H,1-2H3,(H,21,24). The number of aromatic nitrogens is 2. The van der Waals surface area contributed by atoms with Crippen molar-refractivity contribution >= 4 is 23.2 Å². The van der Waals surface area contributed by atoms with E-state index in [0.717, 1.165) is 0 Å². The zero-order valence-electron chi connectivity index (χ0n) is 14.6. The number of benzene rings is 2. The molecule has 0 radical (unpaired) electrons. The molecule has 0 fully saturated rings. The van der Waals surface area contributed by atoms with Crippen LogP contribution < -0.4 is 19.5 Å². The van der Waals surface area contributed by atoms with Crippen LogP contribution in [0, 0.1) is 0 Å². The van der Waals surface area contributed by atoms with Crippen molar-refractivity contribution in [3.8, 4) is 23.5 Å². The molecule has 0 spiro atoms. The number of anilines is 1. The lowest BCUT2D eigenvalue weighted by Crippen LogP contribution is -2.13. The Bertz CT molecular complexity index is 926. The fourth-order valence-electron chi connectivity index (χ4n) is 2.21. The Balaban J connectivity index is 1.85. The Morgan fingerprint density at radius 2 is 1.59 bits per heavy atom. The van der Waals surface area contributed by atoms with Gasteiger partial charge in [-0.2, -0.15) is 9.97 Å². The molecule has 0 aliphatic carbocycles. The normalized spacial score (nSPS) is 10.2. The highest BCUT2D eigenvalue weighted by Gasteiger charge is 2.15. The number of nitrogens with zero attached hydrogens (tertiary/aromatic N) is 2. The quantitative estimate of drug-likeness (QED) is 0.685. The fourth-order valence-corrected chi connectivity index (χ4v) is 2.34. The van der Waals surface area contributed by atoms with Crippen molar-refractivity contribution in [1.82, 2.24) is 9.97 Å². The molecule has 0 aliphatic rings. The van der Waals surface area contributed by atoms with Crippen molar-refractivity contribution in [3.05, 3.63) is 65.2 Å². The Hall–Kier alpha value is -3.32. The summed E-state index contributed by atoms with van der Waals surface area (Å²) in [5, 5.41) is 3.37. The van der Waals surface area contributed by atoms with Gasteiger partial charge in [0.25, 0.3) is 5.91 Å². The minimum atomic E-state index is -0.345. The van der Waals surface area contributed by atoms with Crippen molar-refractivity contribution in [3.63, 3.8) is 0 Å². The summed E-state index contributed by atoms with van der Waals surface area (Å²) in [6, 6.07) is 15.1. The van der Waals surface area contributed by atoms with Crippen LogP contribution in [0.4, 0.5) is 5.69 Å². The van der Waals surface area contributed by atoms with E-state index in [1.54, 1.807) is 48.5 Å². The highest BCUT2D eigenvalue weighted by Crippen LogP contribution is 2.27. The summed E-state index contributed by atoms with van der Waals surface area (Å²) in [5.74, 6) is 0.502. The lowest BCUT2D eigenvalue weighted by Gasteiger charge is -2.11. The van der Waals surface area contributed by atoms with Gasteiger partial charge >= 0.3 is 6.01 Å². The highest BCUT2D eigenvalue weighted by molar-refractivity contribution is 6.30. The zero-order chi connectivity index (χ0) is 19.2. The Morgan fingerprint density at radius 1 is 0.963 bits per heavy atom. The van der Waals surface area contributed by atoms with Gasteiger partial charge in [0, 0.05) is 10.7 Å². The van der Waals surface area contributed by atoms with Gasteiger partial charge in [0.1, 0.15) is 5.75 Å². The third-order valence-corrected chi connectivity index (χ3v) is 3.76. The maximum Gasteiger partial charge on any atom is 0.328 e. The molecule has 0 aliphatic heterocycles. The predicted molar refractivity (Wildman–Crippen MR) is 101 cm³/mol. The van der Waals surface area contributed by atoms with Gasteiger partial charge in [-0.15, -0.1) is 0 Å². The molecule has 0 bridgehead atoms. The largest absolute Gasteiger partial charge is 0.481 e. The van der Waals surface area contributed by atoms with Crippen LogP contribution in [0.5, 0.6) is 23.5 Å². The number of carbonyl (C=O) groups is 1. The summed E-state index contributed by atoms with van der Waals surface area (Å²) in [5.41, 5.74) is 0.927. The van der Waals surface area contributed by atoms with Crippen molar-refractivity contribution in [2.75, 3.05) is 19.5 Å². The molecule has 7 nitrogen and oxygen atoms in total. The lowest BCUT2D eigenvalue weighted by molar-refractivity contribution is 0.102. The molecule has 3 rings (SSSR count). The molecule has 3 aromatic rings. The van der Waals surface area contributed by atoms with Crippen LogP contribution in [0.25, 0.3) is 0 Å². The Morgan fingerprint density at radius 3 is 2.22 bits per heavy atom. The lowest BCUT2D eigenvalue weighted by atomic mass is 10.2. The van der Waals surface area contributed by atoms with Crippen LogP contribution in [0.3, 0.4) is 0 Å². The van der Waals surface area contributed by atoms with Crippen molar-refractivity contribution in [1.29, 1.82) is 0 Å². The number of carbonyl (C=O) groups excluding carboxylic acids is 1. The summed E-state index contributed by atoms with van der Waals surface area (Å²) in [6.07, 6.45) is 0. The van der Waals surface area contributed by atoms with Gasteiger partial charge in [0.15, 0.2) is 0 Å². The van der Waals surface area contributed by atoms with E-state index in [9.17, 15) is 4.79 Å². The van der Waals surface area contributed by atoms with Crippen molar-refractivity contribution in [2.24, 2.45) is 0 Å². The summed E-state index contributed by atoms with van der Waals surface area (Å²) >= 11 is 5.86. The molecule has 0 saturated heterocycles. The molecular weight excluding hydrogens is 370 g/mol. The Labute approximate surface area is 160 Å². The van der Waals surface area contributed by atoms with Crippen LogP contribution >= 0.6 is 11.6 Å². The van der Waals surface area contributed by atoms with E-state index in [-0.39, 0.29) is 23.7 Å². The number of ether oxygens (including phenoxy) is 3. The molecule has 138 valence electrons. The monoisotopic (exact) mass is 385 g/mol. The number of nitrogens with one attached hydrogen (secondary N) is 1. The molecule has 1 heterocycles. The van der Waals surface area contributed by atoms with Gasteiger partial charge in [-0.1, -0.05) is 23.7 Å². The number of hydrogen-bond donors (Lipinski definition) is 1. The van der Waals surface area contributed by atoms with Crippen LogP contribution in [-0.2, 0) is 0 Å². The van der Waals surface area contributed by atoms with E-state index in [1.807, 2.05) is 0 Å². The van der Waals surface area contributed by atoms with E-state index in [2.05, 4.69) is 15.3 Å². The first-order valence-electron chi connectivity index (χ1n) is 7.90. The van der Waals surface area contributed by atoms with Crippen molar-refractivity contribution in [2.45, 2.75) is 0 Å². The molecule has 0 atom stereocenters. The topological polar surface area (TPSA) is 82.6 Å². The first kappa shape index (κ1) is 18.5. The van der Waals surface area contributed by atoms with Gasteiger partial charge in [-0.3, -0.25) is 4.79 Å². The van der Waals surface area contributed by atoms with E-state index < -0.39 is 0 Å². The van der Waals surface area contributed by atoms with Crippen LogP contribution in [-0.4, -0.2) is 30.1 Å². The number of hydrogen-bond acceptors (Lipinski definition) is 6. The summed E-state index contributed by atoms with van der Waals surface area (Å²) in [6.45, 7) is 0. The van der Waals surface area contributed by atoms with Crippen LogP contribution in [0.1, 0.15) is 10.4 Å². The number of amides is 1. The number of rotatable bonds is 6. The number of methoxy groups -OCH3 is 2. The second-order valence-corrected chi connectivity index (χ2v) is 5.73. The fraction of sp³-hybridized carbons (Fsp3) is 0.105. The summed E-state index contributed by atoms with van der Waals surface area (Å²) in [4.78, 5) is 20.9. The third-order valence-electron chi connectivity index (χ3n) is 3.51. The molecule has 0 saturated carbocycles.